The van der Waals surface area contributed by atoms with E-state index < -0.39 is 11.9 Å². The third-order valence-corrected chi connectivity index (χ3v) is 4.96. The Hall–Kier alpha value is -4.50. The lowest BCUT2D eigenvalue weighted by Gasteiger charge is -2.13. The van der Waals surface area contributed by atoms with E-state index in [1.54, 1.807) is 6.20 Å². The quantitative estimate of drug-likeness (QED) is 0.267. The summed E-state index contributed by atoms with van der Waals surface area (Å²) in [5.74, 6) is -1.70. The summed E-state index contributed by atoms with van der Waals surface area (Å²) in [6.07, 6.45) is 3.88. The maximum absolute atomic E-state index is 9.55. The average molecular weight is 489 g/mol. The zero-order valence-electron chi connectivity index (χ0n) is 20.1. The van der Waals surface area contributed by atoms with Crippen LogP contribution >= 0.6 is 0 Å². The molecule has 186 valence electrons. The molecule has 0 spiro atoms. The molecule has 0 aliphatic rings. The first-order valence-corrected chi connectivity index (χ1v) is 11.3. The first-order valence-electron chi connectivity index (χ1n) is 11.3. The van der Waals surface area contributed by atoms with Crippen molar-refractivity contribution < 1.29 is 24.5 Å². The van der Waals surface area contributed by atoms with Crippen molar-refractivity contribution in [2.45, 2.75) is 6.42 Å². The third kappa shape index (κ3) is 7.25. The maximum atomic E-state index is 9.55. The number of benzene rings is 2. The van der Waals surface area contributed by atoms with Gasteiger partial charge in [-0.05, 0) is 44.8 Å². The van der Waals surface area contributed by atoms with Crippen LogP contribution in [0.3, 0.4) is 0 Å². The van der Waals surface area contributed by atoms with E-state index in [1.807, 2.05) is 53.2 Å². The second kappa shape index (κ2) is 12.8. The van der Waals surface area contributed by atoms with Gasteiger partial charge < -0.3 is 19.8 Å². The lowest BCUT2D eigenvalue weighted by atomic mass is 10.1. The van der Waals surface area contributed by atoms with Crippen LogP contribution in [-0.2, 0) is 9.59 Å². The molecular weight excluding hydrogens is 460 g/mol. The van der Waals surface area contributed by atoms with Gasteiger partial charge in [0.15, 0.2) is 5.65 Å². The molecule has 0 amide bonds. The van der Waals surface area contributed by atoms with Crippen LogP contribution in [0.1, 0.15) is 6.42 Å². The Kier molecular flexibility index (Phi) is 9.30. The fourth-order valence-corrected chi connectivity index (χ4v) is 3.39. The summed E-state index contributed by atoms with van der Waals surface area (Å²) in [6.45, 7) is 1.65. The summed E-state index contributed by atoms with van der Waals surface area (Å²) in [5.41, 5.74) is 3.72. The fourth-order valence-electron chi connectivity index (χ4n) is 3.39. The van der Waals surface area contributed by atoms with E-state index in [9.17, 15) is 9.59 Å². The molecule has 36 heavy (non-hydrogen) atoms. The number of rotatable bonds is 9. The van der Waals surface area contributed by atoms with Gasteiger partial charge in [0.05, 0.1) is 6.61 Å². The standard InChI is InChI=1S/C23H24N4O.C4H4O4/c1-26(2)16-9-17-28-21-14-7-6-13-20(21)27-23-19(12-8-15-24-23)22(25-27)18-10-4-3-5-11-18;5-3(6)1-2-4(7)8/h3-8,10-15H,9,16-17H2,1-2H3;1-2H,(H,5,6)(H,7,8)/b;2-1-. The van der Waals surface area contributed by atoms with E-state index >= 15 is 0 Å². The number of carboxylic acids is 2. The highest BCUT2D eigenvalue weighted by Crippen LogP contribution is 2.31. The molecule has 0 bridgehead atoms. The molecule has 0 saturated carbocycles. The number of aromatic nitrogens is 3. The molecule has 2 heterocycles. The number of hydrogen-bond donors (Lipinski definition) is 2. The smallest absolute Gasteiger partial charge is 0.328 e. The maximum Gasteiger partial charge on any atom is 0.328 e. The number of aliphatic carboxylic acids is 2. The van der Waals surface area contributed by atoms with Crippen molar-refractivity contribution in [3.8, 4) is 22.7 Å². The van der Waals surface area contributed by atoms with Crippen LogP contribution in [0.2, 0.25) is 0 Å². The van der Waals surface area contributed by atoms with E-state index in [2.05, 4.69) is 42.2 Å². The molecule has 0 unspecified atom stereocenters. The number of carbonyl (C=O) groups is 2. The highest BCUT2D eigenvalue weighted by Gasteiger charge is 2.16. The highest BCUT2D eigenvalue weighted by atomic mass is 16.5. The average Bonchev–Trinajstić information content (AvgIpc) is 3.26. The number of pyridine rings is 1. The van der Waals surface area contributed by atoms with Gasteiger partial charge in [-0.1, -0.05) is 42.5 Å². The number of para-hydroxylation sites is 2. The van der Waals surface area contributed by atoms with Crippen molar-refractivity contribution in [2.75, 3.05) is 27.2 Å². The largest absolute Gasteiger partial charge is 0.491 e. The molecule has 4 aromatic rings. The molecule has 4 rings (SSSR count). The van der Waals surface area contributed by atoms with Gasteiger partial charge in [0.2, 0.25) is 0 Å². The molecule has 0 aliphatic heterocycles. The van der Waals surface area contributed by atoms with Gasteiger partial charge in [-0.3, -0.25) is 0 Å². The third-order valence-electron chi connectivity index (χ3n) is 4.96. The first-order chi connectivity index (χ1) is 17.4. The van der Waals surface area contributed by atoms with E-state index in [-0.39, 0.29) is 0 Å². The Morgan fingerprint density at radius 1 is 0.944 bits per heavy atom. The highest BCUT2D eigenvalue weighted by molar-refractivity contribution is 5.92. The number of ether oxygens (including phenoxy) is 1. The number of hydrogen-bond acceptors (Lipinski definition) is 6. The normalized spacial score (nSPS) is 10.9. The summed E-state index contributed by atoms with van der Waals surface area (Å²) in [6, 6.07) is 22.2. The van der Waals surface area contributed by atoms with Crippen molar-refractivity contribution in [3.63, 3.8) is 0 Å². The molecule has 0 aliphatic carbocycles. The van der Waals surface area contributed by atoms with Crippen LogP contribution in [-0.4, -0.2) is 69.1 Å². The molecule has 2 N–H and O–H groups in total. The molecule has 9 nitrogen and oxygen atoms in total. The van der Waals surface area contributed by atoms with Gasteiger partial charge in [-0.25, -0.2) is 19.3 Å². The van der Waals surface area contributed by atoms with E-state index in [4.69, 9.17) is 20.0 Å². The Bertz CT molecular complexity index is 1320. The zero-order valence-corrected chi connectivity index (χ0v) is 20.1. The predicted octanol–water partition coefficient (Wildman–Crippen LogP) is 4.13. The van der Waals surface area contributed by atoms with Gasteiger partial charge in [-0.2, -0.15) is 5.10 Å². The summed E-state index contributed by atoms with van der Waals surface area (Å²) >= 11 is 0. The van der Waals surface area contributed by atoms with Crippen molar-refractivity contribution >= 4 is 23.0 Å². The van der Waals surface area contributed by atoms with Gasteiger partial charge in [0.1, 0.15) is 17.1 Å². The summed E-state index contributed by atoms with van der Waals surface area (Å²) in [7, 11) is 4.14. The van der Waals surface area contributed by atoms with Crippen LogP contribution in [0.15, 0.2) is 85.1 Å². The van der Waals surface area contributed by atoms with E-state index in [1.165, 1.54) is 0 Å². The minimum absolute atomic E-state index is 0.558. The molecule has 2 aromatic heterocycles. The minimum Gasteiger partial charge on any atom is -0.491 e. The molecule has 0 fully saturated rings. The number of nitrogens with zero attached hydrogens (tertiary/aromatic N) is 4. The lowest BCUT2D eigenvalue weighted by Crippen LogP contribution is -2.15. The van der Waals surface area contributed by atoms with Gasteiger partial charge in [-0.15, -0.1) is 0 Å². The molecule has 9 heteroatoms. The Labute approximate surface area is 208 Å². The predicted molar refractivity (Wildman–Crippen MR) is 137 cm³/mol. The monoisotopic (exact) mass is 488 g/mol. The first kappa shape index (κ1) is 26.1. The van der Waals surface area contributed by atoms with Crippen LogP contribution in [0.5, 0.6) is 5.75 Å². The van der Waals surface area contributed by atoms with Gasteiger partial charge in [0.25, 0.3) is 0 Å². The molecule has 0 radical (unpaired) electrons. The van der Waals surface area contributed by atoms with Crippen molar-refractivity contribution in [1.82, 2.24) is 19.7 Å². The Balaban J connectivity index is 0.000000392. The van der Waals surface area contributed by atoms with Crippen molar-refractivity contribution in [2.24, 2.45) is 0 Å². The summed E-state index contributed by atoms with van der Waals surface area (Å²) in [5, 5.41) is 21.6. The molecule has 0 atom stereocenters. The summed E-state index contributed by atoms with van der Waals surface area (Å²) < 4.78 is 7.98. The van der Waals surface area contributed by atoms with E-state index in [0.29, 0.717) is 18.8 Å². The van der Waals surface area contributed by atoms with Crippen LogP contribution in [0.25, 0.3) is 28.0 Å². The van der Waals surface area contributed by atoms with Gasteiger partial charge in [0, 0.05) is 35.8 Å². The fraction of sp³-hybridized carbons (Fsp3) is 0.185. The molecular formula is C27H28N4O5. The topological polar surface area (TPSA) is 118 Å². The Morgan fingerprint density at radius 2 is 1.61 bits per heavy atom. The Morgan fingerprint density at radius 3 is 2.28 bits per heavy atom. The van der Waals surface area contributed by atoms with Crippen molar-refractivity contribution in [3.05, 3.63) is 85.1 Å². The number of fused-ring (bicyclic) bond motifs is 1. The van der Waals surface area contributed by atoms with Crippen LogP contribution in [0.4, 0.5) is 0 Å². The zero-order chi connectivity index (χ0) is 25.9. The minimum atomic E-state index is -1.26. The van der Waals surface area contributed by atoms with Crippen molar-refractivity contribution in [1.29, 1.82) is 0 Å². The molecule has 2 aromatic carbocycles. The van der Waals surface area contributed by atoms with Crippen LogP contribution < -0.4 is 4.74 Å². The number of carboxylic acid groups (broad SMARTS) is 2. The van der Waals surface area contributed by atoms with Gasteiger partial charge >= 0.3 is 11.9 Å². The summed E-state index contributed by atoms with van der Waals surface area (Å²) in [4.78, 5) is 25.9. The van der Waals surface area contributed by atoms with E-state index in [0.717, 1.165) is 46.7 Å². The second-order valence-corrected chi connectivity index (χ2v) is 7.98. The second-order valence-electron chi connectivity index (χ2n) is 7.98. The SMILES string of the molecule is CN(C)CCCOc1ccccc1-n1nc(-c2ccccc2)c2cccnc21.O=C(O)/C=C\C(=O)O. The lowest BCUT2D eigenvalue weighted by molar-refractivity contribution is -0.134. The molecule has 0 saturated heterocycles. The van der Waals surface area contributed by atoms with Crippen LogP contribution in [0, 0.1) is 0 Å².